The molecular weight excluding hydrogens is 387 g/mol. The summed E-state index contributed by atoms with van der Waals surface area (Å²) >= 11 is 0. The normalized spacial score (nSPS) is 13.2. The zero-order valence-electron chi connectivity index (χ0n) is 18.3. The highest BCUT2D eigenvalue weighted by Gasteiger charge is 2.19. The fourth-order valence-corrected chi connectivity index (χ4v) is 3.66. The van der Waals surface area contributed by atoms with Crippen LogP contribution in [0.4, 0.5) is 4.39 Å². The van der Waals surface area contributed by atoms with E-state index in [1.54, 1.807) is 22.9 Å². The topological polar surface area (TPSA) is 42.7 Å². The van der Waals surface area contributed by atoms with Gasteiger partial charge in [-0.05, 0) is 67.8 Å². The van der Waals surface area contributed by atoms with Gasteiger partial charge in [0.25, 0.3) is 0 Å². The minimum absolute atomic E-state index is 0.162. The standard InChI is InChI=1S/C26H29FN4/c1-5-9-25(30-24(7-3)19-14-16-28-17-15-19)22(6-2)23-18-29-31(26(23)8-4)21-12-10-20(27)11-13-21/h6,8-18,24,30H,4-5,7H2,1-3H3/b22-6+,25-9+. The molecular formula is C26H29FN4. The monoisotopic (exact) mass is 416 g/mol. The van der Waals surface area contributed by atoms with Crippen LogP contribution in [0.5, 0.6) is 0 Å². The Bertz CT molecular complexity index is 1060. The van der Waals surface area contributed by atoms with Crippen molar-refractivity contribution in [2.75, 3.05) is 0 Å². The molecule has 0 fully saturated rings. The summed E-state index contributed by atoms with van der Waals surface area (Å²) in [6.07, 6.45) is 13.4. The first-order valence-corrected chi connectivity index (χ1v) is 10.6. The summed E-state index contributed by atoms with van der Waals surface area (Å²) in [6, 6.07) is 10.5. The zero-order valence-corrected chi connectivity index (χ0v) is 18.3. The Morgan fingerprint density at radius 1 is 1.16 bits per heavy atom. The summed E-state index contributed by atoms with van der Waals surface area (Å²) in [5.41, 5.74) is 5.92. The van der Waals surface area contributed by atoms with Crippen LogP contribution >= 0.6 is 0 Å². The highest BCUT2D eigenvalue weighted by molar-refractivity contribution is 5.82. The molecule has 2 heterocycles. The first-order chi connectivity index (χ1) is 15.1. The molecule has 0 aliphatic carbocycles. The predicted octanol–water partition coefficient (Wildman–Crippen LogP) is 6.49. The number of aromatic nitrogens is 3. The van der Waals surface area contributed by atoms with E-state index in [0.717, 1.165) is 41.1 Å². The number of hydrogen-bond donors (Lipinski definition) is 1. The van der Waals surface area contributed by atoms with E-state index in [4.69, 9.17) is 0 Å². The molecule has 1 atom stereocenters. The minimum atomic E-state index is -0.274. The molecule has 0 aliphatic rings. The fraction of sp³-hybridized carbons (Fsp3) is 0.231. The molecule has 0 spiro atoms. The van der Waals surface area contributed by atoms with E-state index in [9.17, 15) is 4.39 Å². The van der Waals surface area contributed by atoms with Crippen LogP contribution in [-0.2, 0) is 0 Å². The van der Waals surface area contributed by atoms with E-state index in [0.29, 0.717) is 0 Å². The highest BCUT2D eigenvalue weighted by atomic mass is 19.1. The molecule has 1 aromatic carbocycles. The summed E-state index contributed by atoms with van der Waals surface area (Å²) in [4.78, 5) is 4.14. The smallest absolute Gasteiger partial charge is 0.123 e. The number of halogens is 1. The molecule has 2 aromatic heterocycles. The molecule has 0 radical (unpaired) electrons. The maximum Gasteiger partial charge on any atom is 0.123 e. The molecule has 0 aliphatic heterocycles. The van der Waals surface area contributed by atoms with Crippen LogP contribution in [0.15, 0.2) is 79.4 Å². The molecule has 5 heteroatoms. The van der Waals surface area contributed by atoms with Gasteiger partial charge in [0, 0.05) is 29.2 Å². The van der Waals surface area contributed by atoms with E-state index in [1.807, 2.05) is 37.6 Å². The highest BCUT2D eigenvalue weighted by Crippen LogP contribution is 2.30. The molecule has 3 aromatic rings. The van der Waals surface area contributed by atoms with Crippen LogP contribution in [0.3, 0.4) is 0 Å². The van der Waals surface area contributed by atoms with Crippen molar-refractivity contribution < 1.29 is 4.39 Å². The van der Waals surface area contributed by atoms with Gasteiger partial charge in [0.05, 0.1) is 23.6 Å². The Kier molecular flexibility index (Phi) is 7.55. The summed E-state index contributed by atoms with van der Waals surface area (Å²) in [7, 11) is 0. The summed E-state index contributed by atoms with van der Waals surface area (Å²) < 4.78 is 15.2. The Labute approximate surface area is 183 Å². The third-order valence-corrected chi connectivity index (χ3v) is 5.19. The van der Waals surface area contributed by atoms with Crippen molar-refractivity contribution in [1.29, 1.82) is 0 Å². The summed E-state index contributed by atoms with van der Waals surface area (Å²) in [6.45, 7) is 10.3. The maximum absolute atomic E-state index is 13.4. The van der Waals surface area contributed by atoms with E-state index in [2.05, 4.69) is 48.0 Å². The van der Waals surface area contributed by atoms with E-state index < -0.39 is 0 Å². The van der Waals surface area contributed by atoms with Crippen molar-refractivity contribution >= 4 is 11.6 Å². The molecule has 160 valence electrons. The average Bonchev–Trinajstić information content (AvgIpc) is 3.22. The third kappa shape index (κ3) is 5.00. The van der Waals surface area contributed by atoms with Gasteiger partial charge < -0.3 is 5.32 Å². The van der Waals surface area contributed by atoms with Gasteiger partial charge in [0.1, 0.15) is 5.82 Å². The zero-order chi connectivity index (χ0) is 22.2. The van der Waals surface area contributed by atoms with Crippen LogP contribution in [-0.4, -0.2) is 14.8 Å². The lowest BCUT2D eigenvalue weighted by atomic mass is 9.99. The quantitative estimate of drug-likeness (QED) is 0.406. The SMILES string of the molecule is C=Cc1c(C(=C\C)/C(=C\CC)NC(CC)c2ccncc2)cnn1-c1ccc(F)cc1. The lowest BCUT2D eigenvalue weighted by Gasteiger charge is -2.23. The lowest BCUT2D eigenvalue weighted by molar-refractivity contribution is 0.587. The van der Waals surface area contributed by atoms with Crippen LogP contribution in [0.1, 0.15) is 56.5 Å². The van der Waals surface area contributed by atoms with Gasteiger partial charge in [-0.1, -0.05) is 32.6 Å². The Balaban J connectivity index is 2.00. The second-order valence-electron chi connectivity index (χ2n) is 7.15. The molecule has 4 nitrogen and oxygen atoms in total. The van der Waals surface area contributed by atoms with Crippen LogP contribution < -0.4 is 5.32 Å². The number of rotatable bonds is 9. The van der Waals surface area contributed by atoms with Crippen molar-refractivity contribution in [1.82, 2.24) is 20.1 Å². The third-order valence-electron chi connectivity index (χ3n) is 5.19. The molecule has 1 unspecified atom stereocenters. The van der Waals surface area contributed by atoms with Crippen molar-refractivity contribution in [3.8, 4) is 5.69 Å². The van der Waals surface area contributed by atoms with E-state index in [-0.39, 0.29) is 11.9 Å². The number of benzene rings is 1. The molecule has 31 heavy (non-hydrogen) atoms. The molecule has 0 saturated carbocycles. The van der Waals surface area contributed by atoms with Crippen molar-refractivity contribution in [3.05, 3.63) is 102 Å². The molecule has 0 bridgehead atoms. The van der Waals surface area contributed by atoms with Gasteiger partial charge in [-0.3, -0.25) is 4.98 Å². The van der Waals surface area contributed by atoms with Crippen molar-refractivity contribution in [3.63, 3.8) is 0 Å². The van der Waals surface area contributed by atoms with Crippen LogP contribution in [0, 0.1) is 5.82 Å². The molecule has 0 saturated heterocycles. The molecule has 3 rings (SSSR count). The van der Waals surface area contributed by atoms with Gasteiger partial charge in [-0.2, -0.15) is 5.10 Å². The van der Waals surface area contributed by atoms with Gasteiger partial charge in [0.2, 0.25) is 0 Å². The fourth-order valence-electron chi connectivity index (χ4n) is 3.66. The van der Waals surface area contributed by atoms with Crippen molar-refractivity contribution in [2.45, 2.75) is 39.7 Å². The van der Waals surface area contributed by atoms with Crippen LogP contribution in [0.2, 0.25) is 0 Å². The number of pyridine rings is 1. The number of nitrogens with zero attached hydrogens (tertiary/aromatic N) is 3. The van der Waals surface area contributed by atoms with Gasteiger partial charge in [-0.25, -0.2) is 9.07 Å². The largest absolute Gasteiger partial charge is 0.378 e. The maximum atomic E-state index is 13.4. The Morgan fingerprint density at radius 2 is 1.87 bits per heavy atom. The number of nitrogens with one attached hydrogen (secondary N) is 1. The lowest BCUT2D eigenvalue weighted by Crippen LogP contribution is -2.21. The van der Waals surface area contributed by atoms with Gasteiger partial charge in [-0.15, -0.1) is 0 Å². The second kappa shape index (κ2) is 10.5. The van der Waals surface area contributed by atoms with Gasteiger partial charge in [0.15, 0.2) is 0 Å². The second-order valence-corrected chi connectivity index (χ2v) is 7.15. The minimum Gasteiger partial charge on any atom is -0.378 e. The van der Waals surface area contributed by atoms with E-state index in [1.165, 1.54) is 17.7 Å². The first kappa shape index (κ1) is 22.2. The Morgan fingerprint density at radius 3 is 2.45 bits per heavy atom. The number of allylic oxidation sites excluding steroid dienone is 3. The van der Waals surface area contributed by atoms with E-state index >= 15 is 0 Å². The Hall–Kier alpha value is -3.47. The number of hydrogen-bond acceptors (Lipinski definition) is 3. The van der Waals surface area contributed by atoms with Crippen LogP contribution in [0.25, 0.3) is 17.3 Å². The first-order valence-electron chi connectivity index (χ1n) is 10.6. The van der Waals surface area contributed by atoms with Gasteiger partial charge >= 0.3 is 0 Å². The van der Waals surface area contributed by atoms with Crippen molar-refractivity contribution in [2.24, 2.45) is 0 Å². The summed E-state index contributed by atoms with van der Waals surface area (Å²) in [5, 5.41) is 8.30. The molecule has 0 amide bonds. The predicted molar refractivity (Wildman–Crippen MR) is 126 cm³/mol. The summed E-state index contributed by atoms with van der Waals surface area (Å²) in [5.74, 6) is -0.274. The molecule has 1 N–H and O–H groups in total. The average molecular weight is 417 g/mol.